The van der Waals surface area contributed by atoms with Crippen molar-refractivity contribution in [2.45, 2.75) is 19.8 Å². The molecule has 18 heavy (non-hydrogen) atoms. The summed E-state index contributed by atoms with van der Waals surface area (Å²) in [4.78, 5) is 12.0. The van der Waals surface area contributed by atoms with Gasteiger partial charge in [-0.05, 0) is 17.9 Å². The summed E-state index contributed by atoms with van der Waals surface area (Å²) in [5.74, 6) is 0.610. The van der Waals surface area contributed by atoms with Gasteiger partial charge in [0.05, 0.1) is 0 Å². The van der Waals surface area contributed by atoms with Crippen LogP contribution in [0.5, 0.6) is 0 Å². The number of carbonyl (C=O) groups excluding carboxylic acids is 1. The van der Waals surface area contributed by atoms with Crippen LogP contribution in [0.1, 0.15) is 29.3 Å². The van der Waals surface area contributed by atoms with Crippen molar-refractivity contribution in [3.05, 3.63) is 71.8 Å². The Hall–Kier alpha value is -1.89. The molecule has 0 saturated heterocycles. The lowest BCUT2D eigenvalue weighted by atomic mass is 9.94. The predicted octanol–water partition coefficient (Wildman–Crippen LogP) is 4.14. The Morgan fingerprint density at radius 2 is 1.50 bits per heavy atom. The highest BCUT2D eigenvalue weighted by Gasteiger charge is 2.11. The van der Waals surface area contributed by atoms with E-state index in [1.165, 1.54) is 5.56 Å². The van der Waals surface area contributed by atoms with Gasteiger partial charge < -0.3 is 0 Å². The number of benzene rings is 2. The van der Waals surface area contributed by atoms with Crippen molar-refractivity contribution in [3.63, 3.8) is 0 Å². The first-order chi connectivity index (χ1) is 8.75. The first kappa shape index (κ1) is 12.6. The lowest BCUT2D eigenvalue weighted by molar-refractivity contribution is 0.0964. The second-order valence-electron chi connectivity index (χ2n) is 4.79. The zero-order chi connectivity index (χ0) is 12.8. The largest absolute Gasteiger partial charge is 0.294 e. The number of hydrogen-bond donors (Lipinski definition) is 0. The molecule has 0 fully saturated rings. The average Bonchev–Trinajstić information content (AvgIpc) is 2.40. The van der Waals surface area contributed by atoms with Crippen molar-refractivity contribution in [2.24, 2.45) is 5.92 Å². The molecule has 0 aliphatic carbocycles. The third kappa shape index (κ3) is 3.56. The van der Waals surface area contributed by atoms with Gasteiger partial charge in [-0.25, -0.2) is 0 Å². The predicted molar refractivity (Wildman–Crippen MR) is 74.7 cm³/mol. The molecule has 0 aliphatic rings. The van der Waals surface area contributed by atoms with Gasteiger partial charge in [-0.3, -0.25) is 4.79 Å². The zero-order valence-electron chi connectivity index (χ0n) is 10.7. The summed E-state index contributed by atoms with van der Waals surface area (Å²) in [6.45, 7) is 2.13. The Labute approximate surface area is 108 Å². The topological polar surface area (TPSA) is 17.1 Å². The minimum absolute atomic E-state index is 0.235. The van der Waals surface area contributed by atoms with E-state index in [0.29, 0.717) is 12.3 Å². The van der Waals surface area contributed by atoms with Crippen LogP contribution in [0.2, 0.25) is 0 Å². The van der Waals surface area contributed by atoms with Crippen LogP contribution in [0, 0.1) is 5.92 Å². The number of rotatable bonds is 5. The smallest absolute Gasteiger partial charge is 0.163 e. The first-order valence-corrected chi connectivity index (χ1v) is 6.38. The fourth-order valence-corrected chi connectivity index (χ4v) is 2.15. The fraction of sp³-hybridized carbons (Fsp3) is 0.235. The minimum atomic E-state index is 0.235. The Morgan fingerprint density at radius 1 is 0.944 bits per heavy atom. The molecular weight excluding hydrogens is 220 g/mol. The Bertz CT molecular complexity index is 488. The van der Waals surface area contributed by atoms with Crippen LogP contribution in [0.3, 0.4) is 0 Å². The number of hydrogen-bond acceptors (Lipinski definition) is 1. The first-order valence-electron chi connectivity index (χ1n) is 6.38. The third-order valence-electron chi connectivity index (χ3n) is 3.06. The van der Waals surface area contributed by atoms with E-state index in [0.717, 1.165) is 12.0 Å². The highest BCUT2D eigenvalue weighted by molar-refractivity contribution is 5.96. The zero-order valence-corrected chi connectivity index (χ0v) is 10.7. The van der Waals surface area contributed by atoms with Crippen molar-refractivity contribution in [3.8, 4) is 0 Å². The number of ketones is 1. The van der Waals surface area contributed by atoms with E-state index in [9.17, 15) is 4.79 Å². The molecular formula is C17H18O. The summed E-state index contributed by atoms with van der Waals surface area (Å²) in [5.41, 5.74) is 2.11. The molecule has 0 spiro atoms. The lowest BCUT2D eigenvalue weighted by Crippen LogP contribution is -2.08. The molecule has 0 bridgehead atoms. The Balaban J connectivity index is 1.92. The average molecular weight is 238 g/mol. The number of Topliss-reactive ketones (excluding diaryl/α,β-unsaturated/α-hetero) is 1. The minimum Gasteiger partial charge on any atom is -0.294 e. The highest BCUT2D eigenvalue weighted by Crippen LogP contribution is 2.15. The van der Waals surface area contributed by atoms with E-state index in [1.807, 2.05) is 48.5 Å². The summed E-state index contributed by atoms with van der Waals surface area (Å²) >= 11 is 0. The molecule has 0 N–H and O–H groups in total. The van der Waals surface area contributed by atoms with Crippen molar-refractivity contribution >= 4 is 5.78 Å². The van der Waals surface area contributed by atoms with Gasteiger partial charge in [-0.1, -0.05) is 67.6 Å². The van der Waals surface area contributed by atoms with Gasteiger partial charge in [-0.2, -0.15) is 0 Å². The van der Waals surface area contributed by atoms with E-state index in [-0.39, 0.29) is 5.78 Å². The van der Waals surface area contributed by atoms with E-state index < -0.39 is 0 Å². The molecule has 2 rings (SSSR count). The van der Waals surface area contributed by atoms with Crippen LogP contribution in [0.4, 0.5) is 0 Å². The Morgan fingerprint density at radius 3 is 2.11 bits per heavy atom. The highest BCUT2D eigenvalue weighted by atomic mass is 16.1. The van der Waals surface area contributed by atoms with Gasteiger partial charge >= 0.3 is 0 Å². The van der Waals surface area contributed by atoms with E-state index >= 15 is 0 Å². The molecule has 0 saturated carbocycles. The van der Waals surface area contributed by atoms with Crippen molar-refractivity contribution in [2.75, 3.05) is 0 Å². The summed E-state index contributed by atoms with van der Waals surface area (Å²) in [5, 5.41) is 0. The van der Waals surface area contributed by atoms with Gasteiger partial charge in [0.15, 0.2) is 5.78 Å². The molecule has 0 amide bonds. The SMILES string of the molecule is C[C@@H](CC(=O)c1ccccc1)Cc1ccccc1. The lowest BCUT2D eigenvalue weighted by Gasteiger charge is -2.10. The molecule has 1 atom stereocenters. The maximum absolute atomic E-state index is 12.0. The number of carbonyl (C=O) groups is 1. The van der Waals surface area contributed by atoms with Crippen LogP contribution in [-0.4, -0.2) is 5.78 Å². The fourth-order valence-electron chi connectivity index (χ4n) is 2.15. The molecule has 0 aromatic heterocycles. The van der Waals surface area contributed by atoms with E-state index in [4.69, 9.17) is 0 Å². The van der Waals surface area contributed by atoms with Crippen LogP contribution in [-0.2, 0) is 6.42 Å². The van der Waals surface area contributed by atoms with Gasteiger partial charge in [0.1, 0.15) is 0 Å². The van der Waals surface area contributed by atoms with Crippen LogP contribution < -0.4 is 0 Å². The second kappa shape index (κ2) is 6.15. The monoisotopic (exact) mass is 238 g/mol. The van der Waals surface area contributed by atoms with Crippen LogP contribution in [0.25, 0.3) is 0 Å². The van der Waals surface area contributed by atoms with Crippen molar-refractivity contribution in [1.29, 1.82) is 0 Å². The summed E-state index contributed by atoms with van der Waals surface area (Å²) in [6.07, 6.45) is 1.57. The molecule has 0 aliphatic heterocycles. The van der Waals surface area contributed by atoms with Crippen molar-refractivity contribution < 1.29 is 4.79 Å². The van der Waals surface area contributed by atoms with Crippen LogP contribution in [0.15, 0.2) is 60.7 Å². The van der Waals surface area contributed by atoms with Gasteiger partial charge in [-0.15, -0.1) is 0 Å². The molecule has 0 unspecified atom stereocenters. The summed E-state index contributed by atoms with van der Waals surface area (Å²) in [6, 6.07) is 19.9. The van der Waals surface area contributed by atoms with Crippen molar-refractivity contribution in [1.82, 2.24) is 0 Å². The normalized spacial score (nSPS) is 12.1. The molecule has 92 valence electrons. The molecule has 2 aromatic rings. The molecule has 0 radical (unpaired) electrons. The van der Waals surface area contributed by atoms with E-state index in [2.05, 4.69) is 19.1 Å². The maximum atomic E-state index is 12.0. The summed E-state index contributed by atoms with van der Waals surface area (Å²) < 4.78 is 0. The molecule has 0 heterocycles. The van der Waals surface area contributed by atoms with E-state index in [1.54, 1.807) is 0 Å². The molecule has 1 heteroatoms. The Kier molecular flexibility index (Phi) is 4.30. The summed E-state index contributed by atoms with van der Waals surface area (Å²) in [7, 11) is 0. The standard InChI is InChI=1S/C17H18O/c1-14(12-15-8-4-2-5-9-15)13-17(18)16-10-6-3-7-11-16/h2-11,14H,12-13H2,1H3/t14-/m1/s1. The molecule has 1 nitrogen and oxygen atoms in total. The third-order valence-corrected chi connectivity index (χ3v) is 3.06. The van der Waals surface area contributed by atoms with Gasteiger partial charge in [0, 0.05) is 12.0 Å². The molecule has 2 aromatic carbocycles. The second-order valence-corrected chi connectivity index (χ2v) is 4.79. The maximum Gasteiger partial charge on any atom is 0.163 e. The van der Waals surface area contributed by atoms with Gasteiger partial charge in [0.2, 0.25) is 0 Å². The van der Waals surface area contributed by atoms with Crippen LogP contribution >= 0.6 is 0 Å². The quantitative estimate of drug-likeness (QED) is 0.715. The van der Waals surface area contributed by atoms with Gasteiger partial charge in [0.25, 0.3) is 0 Å².